The maximum Gasteiger partial charge on any atom is 0.0177 e. The molecule has 1 saturated carbocycles. The van der Waals surface area contributed by atoms with E-state index in [0.29, 0.717) is 0 Å². The summed E-state index contributed by atoms with van der Waals surface area (Å²) in [4.78, 5) is 3.86. The molecule has 1 aliphatic rings. The number of alkyl halides is 1. The molecule has 0 aromatic carbocycles. The zero-order valence-electron chi connectivity index (χ0n) is 10.2. The van der Waals surface area contributed by atoms with Gasteiger partial charge < -0.3 is 0 Å². The van der Waals surface area contributed by atoms with Gasteiger partial charge in [-0.05, 0) is 56.1 Å². The molecule has 0 bridgehead atoms. The molecule has 16 heavy (non-hydrogen) atoms. The van der Waals surface area contributed by atoms with E-state index in [2.05, 4.69) is 41.9 Å². The van der Waals surface area contributed by atoms with Gasteiger partial charge >= 0.3 is 0 Å². The molecule has 1 heterocycles. The van der Waals surface area contributed by atoms with Crippen LogP contribution in [0.25, 0.3) is 0 Å². The fourth-order valence-electron chi connectivity index (χ4n) is 2.65. The molecule has 0 amide bonds. The predicted octanol–water partition coefficient (Wildman–Crippen LogP) is 5.05. The summed E-state index contributed by atoms with van der Waals surface area (Å²) < 4.78 is 0. The molecular weight excluding hydrogens is 280 g/mol. The van der Waals surface area contributed by atoms with Crippen molar-refractivity contribution in [1.29, 1.82) is 0 Å². The van der Waals surface area contributed by atoms with E-state index in [0.717, 1.165) is 16.7 Å². The molecule has 2 rings (SSSR count). The van der Waals surface area contributed by atoms with E-state index >= 15 is 0 Å². The molecule has 0 aliphatic heterocycles. The van der Waals surface area contributed by atoms with Crippen LogP contribution in [0.2, 0.25) is 0 Å². The van der Waals surface area contributed by atoms with Crippen molar-refractivity contribution in [1.82, 2.24) is 0 Å². The van der Waals surface area contributed by atoms with Crippen LogP contribution in [0, 0.1) is 11.8 Å². The Morgan fingerprint density at radius 1 is 1.31 bits per heavy atom. The Bertz CT molecular complexity index is 331. The average Bonchev–Trinajstić information content (AvgIpc) is 2.71. The van der Waals surface area contributed by atoms with Crippen LogP contribution in [0.5, 0.6) is 0 Å². The van der Waals surface area contributed by atoms with Crippen LogP contribution in [0.4, 0.5) is 0 Å². The van der Waals surface area contributed by atoms with Gasteiger partial charge in [-0.15, -0.1) is 11.3 Å². The van der Waals surface area contributed by atoms with Crippen molar-refractivity contribution in [3.05, 3.63) is 21.9 Å². The highest BCUT2D eigenvalue weighted by Crippen LogP contribution is 2.36. The first-order valence-corrected chi connectivity index (χ1v) is 8.14. The first-order valence-electron chi connectivity index (χ1n) is 6.40. The second-order valence-corrected chi connectivity index (χ2v) is 7.55. The first-order chi connectivity index (χ1) is 7.69. The van der Waals surface area contributed by atoms with Gasteiger partial charge in [0.05, 0.1) is 0 Å². The molecule has 90 valence electrons. The van der Waals surface area contributed by atoms with Crippen molar-refractivity contribution in [3.8, 4) is 0 Å². The van der Waals surface area contributed by atoms with Gasteiger partial charge in [0, 0.05) is 14.6 Å². The summed E-state index contributed by atoms with van der Waals surface area (Å²) in [6.07, 6.45) is 6.62. The molecule has 1 aromatic heterocycles. The van der Waals surface area contributed by atoms with Crippen molar-refractivity contribution >= 4 is 27.3 Å². The minimum absolute atomic E-state index is 0.746. The molecule has 1 aromatic rings. The highest BCUT2D eigenvalue weighted by atomic mass is 79.9. The summed E-state index contributed by atoms with van der Waals surface area (Å²) in [5.74, 6) is 1.77. The summed E-state index contributed by atoms with van der Waals surface area (Å²) in [5.41, 5.74) is 0. The number of halogens is 1. The lowest BCUT2D eigenvalue weighted by atomic mass is 9.80. The molecule has 0 spiro atoms. The maximum absolute atomic E-state index is 3.87. The van der Waals surface area contributed by atoms with E-state index in [9.17, 15) is 0 Å². The summed E-state index contributed by atoms with van der Waals surface area (Å²) >= 11 is 5.88. The van der Waals surface area contributed by atoms with E-state index in [4.69, 9.17) is 0 Å². The van der Waals surface area contributed by atoms with E-state index in [1.54, 1.807) is 4.88 Å². The van der Waals surface area contributed by atoms with Gasteiger partial charge in [-0.2, -0.15) is 0 Å². The van der Waals surface area contributed by atoms with Crippen molar-refractivity contribution in [2.24, 2.45) is 11.8 Å². The molecule has 0 N–H and O–H groups in total. The Labute approximate surface area is 112 Å². The van der Waals surface area contributed by atoms with Crippen LogP contribution >= 0.6 is 27.3 Å². The molecule has 1 aliphatic carbocycles. The number of hydrogen-bond acceptors (Lipinski definition) is 1. The molecule has 1 fully saturated rings. The Morgan fingerprint density at radius 2 is 2.06 bits per heavy atom. The third kappa shape index (κ3) is 3.10. The zero-order chi connectivity index (χ0) is 11.5. The topological polar surface area (TPSA) is 0 Å². The van der Waals surface area contributed by atoms with E-state index in [1.807, 2.05) is 11.3 Å². The minimum atomic E-state index is 0.746. The zero-order valence-corrected chi connectivity index (χ0v) is 12.6. The van der Waals surface area contributed by atoms with E-state index in [-0.39, 0.29) is 0 Å². The van der Waals surface area contributed by atoms with Gasteiger partial charge in [-0.25, -0.2) is 0 Å². The maximum atomic E-state index is 3.87. The Hall–Kier alpha value is 0.180. The lowest BCUT2D eigenvalue weighted by molar-refractivity contribution is 0.295. The molecular formula is C14H21BrS. The fraction of sp³-hybridized carbons (Fsp3) is 0.714. The quantitative estimate of drug-likeness (QED) is 0.685. The van der Waals surface area contributed by atoms with E-state index < -0.39 is 0 Å². The number of thiophene rings is 1. The smallest absolute Gasteiger partial charge is 0.0177 e. The monoisotopic (exact) mass is 300 g/mol. The summed E-state index contributed by atoms with van der Waals surface area (Å²) in [6.45, 7) is 4.64. The molecule has 0 saturated heterocycles. The van der Waals surface area contributed by atoms with Crippen molar-refractivity contribution in [2.45, 2.75) is 50.8 Å². The van der Waals surface area contributed by atoms with Gasteiger partial charge in [-0.3, -0.25) is 0 Å². The first kappa shape index (κ1) is 12.6. The Kier molecular flexibility index (Phi) is 4.48. The summed E-state index contributed by atoms with van der Waals surface area (Å²) in [6, 6.07) is 4.64. The van der Waals surface area contributed by atoms with Crippen LogP contribution < -0.4 is 0 Å². The molecule has 3 unspecified atom stereocenters. The number of rotatable bonds is 3. The van der Waals surface area contributed by atoms with Gasteiger partial charge in [0.15, 0.2) is 0 Å². The van der Waals surface area contributed by atoms with Crippen LogP contribution in [-0.4, -0.2) is 4.83 Å². The second-order valence-electron chi connectivity index (χ2n) is 5.12. The SMILES string of the molecule is CCc1ccc(CC2CC(C)CCC2Br)s1. The highest BCUT2D eigenvalue weighted by molar-refractivity contribution is 9.09. The third-order valence-electron chi connectivity index (χ3n) is 3.68. The largest absolute Gasteiger partial charge is 0.145 e. The lowest BCUT2D eigenvalue weighted by Crippen LogP contribution is -2.25. The molecule has 2 heteroatoms. The van der Waals surface area contributed by atoms with Gasteiger partial charge in [0.25, 0.3) is 0 Å². The Morgan fingerprint density at radius 3 is 2.75 bits per heavy atom. The number of hydrogen-bond donors (Lipinski definition) is 0. The van der Waals surface area contributed by atoms with Gasteiger partial charge in [0.1, 0.15) is 0 Å². The second kappa shape index (κ2) is 5.68. The predicted molar refractivity (Wildman–Crippen MR) is 76.6 cm³/mol. The highest BCUT2D eigenvalue weighted by Gasteiger charge is 2.27. The van der Waals surface area contributed by atoms with Gasteiger partial charge in [0.2, 0.25) is 0 Å². The van der Waals surface area contributed by atoms with Crippen LogP contribution in [0.3, 0.4) is 0 Å². The van der Waals surface area contributed by atoms with Crippen LogP contribution in [0.1, 0.15) is 42.9 Å². The molecule has 0 nitrogen and oxygen atoms in total. The summed E-state index contributed by atoms with van der Waals surface area (Å²) in [5, 5.41) is 0. The fourth-order valence-corrected chi connectivity index (χ4v) is 4.37. The van der Waals surface area contributed by atoms with Crippen LogP contribution in [-0.2, 0) is 12.8 Å². The van der Waals surface area contributed by atoms with Crippen LogP contribution in [0.15, 0.2) is 12.1 Å². The van der Waals surface area contributed by atoms with Crippen molar-refractivity contribution in [3.63, 3.8) is 0 Å². The molecule has 0 radical (unpaired) electrons. The van der Waals surface area contributed by atoms with Crippen molar-refractivity contribution < 1.29 is 0 Å². The van der Waals surface area contributed by atoms with E-state index in [1.165, 1.54) is 37.0 Å². The lowest BCUT2D eigenvalue weighted by Gasteiger charge is -2.31. The average molecular weight is 301 g/mol. The standard InChI is InChI=1S/C14H21BrS/c1-3-12-5-6-13(16-12)9-11-8-10(2)4-7-14(11)15/h5-6,10-11,14H,3-4,7-9H2,1-2H3. The third-order valence-corrected chi connectivity index (χ3v) is 6.14. The normalized spacial score (nSPS) is 30.6. The molecule has 3 atom stereocenters. The van der Waals surface area contributed by atoms with Crippen molar-refractivity contribution in [2.75, 3.05) is 0 Å². The number of aryl methyl sites for hydroxylation is 1. The summed E-state index contributed by atoms with van der Waals surface area (Å²) in [7, 11) is 0. The minimum Gasteiger partial charge on any atom is -0.145 e. The Balaban J connectivity index is 1.97. The van der Waals surface area contributed by atoms with Gasteiger partial charge in [-0.1, -0.05) is 29.8 Å².